The van der Waals surface area contributed by atoms with Crippen LogP contribution in [0.3, 0.4) is 0 Å². The Bertz CT molecular complexity index is 754. The van der Waals surface area contributed by atoms with Crippen molar-refractivity contribution in [2.75, 3.05) is 7.11 Å². The third kappa shape index (κ3) is 2.98. The van der Waals surface area contributed by atoms with Gasteiger partial charge in [0.15, 0.2) is 0 Å². The van der Waals surface area contributed by atoms with Gasteiger partial charge in [0, 0.05) is 19.7 Å². The lowest BCUT2D eigenvalue weighted by molar-refractivity contribution is -0.135. The Morgan fingerprint density at radius 3 is 2.61 bits per heavy atom. The van der Waals surface area contributed by atoms with Crippen LogP contribution in [0.4, 0.5) is 0 Å². The average molecular weight is 318 g/mol. The van der Waals surface area contributed by atoms with Gasteiger partial charge in [-0.25, -0.2) is 4.79 Å². The summed E-state index contributed by atoms with van der Waals surface area (Å²) in [6, 6.07) is 5.70. The summed E-state index contributed by atoms with van der Waals surface area (Å²) < 4.78 is 13.8. The Hall–Kier alpha value is -2.24. The van der Waals surface area contributed by atoms with E-state index in [0.29, 0.717) is 18.9 Å². The molecule has 0 N–H and O–H groups in total. The SMILES string of the molecule is COc1ccc2c(c1)n(CC1CCC(OC=O)CC1)c(=O)n2C. The molecule has 3 rings (SSSR count). The number of carbonyl (C=O) groups excluding carboxylic acids is 1. The molecule has 6 heteroatoms. The zero-order valence-electron chi connectivity index (χ0n) is 13.5. The first-order chi connectivity index (χ1) is 11.1. The minimum absolute atomic E-state index is 0.000446. The van der Waals surface area contributed by atoms with Crippen LogP contribution in [0, 0.1) is 5.92 Å². The van der Waals surface area contributed by atoms with Crippen molar-refractivity contribution in [2.24, 2.45) is 13.0 Å². The molecule has 0 spiro atoms. The van der Waals surface area contributed by atoms with Gasteiger partial charge in [0.1, 0.15) is 11.9 Å². The van der Waals surface area contributed by atoms with Crippen LogP contribution in [0.1, 0.15) is 25.7 Å². The van der Waals surface area contributed by atoms with Gasteiger partial charge in [-0.3, -0.25) is 13.9 Å². The van der Waals surface area contributed by atoms with E-state index in [-0.39, 0.29) is 11.8 Å². The first-order valence-electron chi connectivity index (χ1n) is 7.96. The molecule has 2 aromatic rings. The normalized spacial score (nSPS) is 21.3. The highest BCUT2D eigenvalue weighted by Gasteiger charge is 2.24. The van der Waals surface area contributed by atoms with Crippen molar-refractivity contribution in [3.8, 4) is 5.75 Å². The van der Waals surface area contributed by atoms with Gasteiger partial charge >= 0.3 is 5.69 Å². The predicted octanol–water partition coefficient (Wildman–Crippen LogP) is 2.08. The molecule has 0 bridgehead atoms. The van der Waals surface area contributed by atoms with Crippen molar-refractivity contribution in [1.82, 2.24) is 9.13 Å². The molecule has 1 aromatic heterocycles. The molecular weight excluding hydrogens is 296 g/mol. The Kier molecular flexibility index (Phi) is 4.41. The van der Waals surface area contributed by atoms with Gasteiger partial charge < -0.3 is 9.47 Å². The van der Waals surface area contributed by atoms with Crippen LogP contribution in [0.2, 0.25) is 0 Å². The van der Waals surface area contributed by atoms with Crippen molar-refractivity contribution in [2.45, 2.75) is 38.3 Å². The molecule has 1 aromatic carbocycles. The summed E-state index contributed by atoms with van der Waals surface area (Å²) in [5.41, 5.74) is 1.82. The number of rotatable bonds is 5. The molecule has 1 saturated carbocycles. The van der Waals surface area contributed by atoms with Crippen molar-refractivity contribution >= 4 is 17.5 Å². The zero-order chi connectivity index (χ0) is 16.4. The van der Waals surface area contributed by atoms with Crippen molar-refractivity contribution in [1.29, 1.82) is 0 Å². The second-order valence-corrected chi connectivity index (χ2v) is 6.18. The molecule has 1 aliphatic carbocycles. The number of hydrogen-bond donors (Lipinski definition) is 0. The number of benzene rings is 1. The standard InChI is InChI=1S/C17H22N2O4/c1-18-15-8-7-14(22-2)9-16(15)19(17(18)21)10-12-3-5-13(6-4-12)23-11-20/h7-9,11-13H,3-6,10H2,1-2H3. The first-order valence-corrected chi connectivity index (χ1v) is 7.96. The third-order valence-electron chi connectivity index (χ3n) is 4.84. The lowest BCUT2D eigenvalue weighted by Gasteiger charge is -2.27. The lowest BCUT2D eigenvalue weighted by Crippen LogP contribution is -2.29. The summed E-state index contributed by atoms with van der Waals surface area (Å²) in [6.45, 7) is 1.23. The second kappa shape index (κ2) is 6.48. The van der Waals surface area contributed by atoms with Gasteiger partial charge in [-0.1, -0.05) is 0 Å². The molecular formula is C17H22N2O4. The lowest BCUT2D eigenvalue weighted by atomic mass is 9.87. The number of ether oxygens (including phenoxy) is 2. The number of fused-ring (bicyclic) bond motifs is 1. The fraction of sp³-hybridized carbons (Fsp3) is 0.529. The summed E-state index contributed by atoms with van der Waals surface area (Å²) in [7, 11) is 3.42. The van der Waals surface area contributed by atoms with Gasteiger partial charge in [-0.15, -0.1) is 0 Å². The maximum atomic E-state index is 12.5. The quantitative estimate of drug-likeness (QED) is 0.792. The molecule has 0 radical (unpaired) electrons. The van der Waals surface area contributed by atoms with E-state index in [2.05, 4.69) is 0 Å². The van der Waals surface area contributed by atoms with Gasteiger partial charge in [0.2, 0.25) is 0 Å². The van der Waals surface area contributed by atoms with Gasteiger partial charge in [0.25, 0.3) is 6.47 Å². The molecule has 23 heavy (non-hydrogen) atoms. The van der Waals surface area contributed by atoms with E-state index in [4.69, 9.17) is 9.47 Å². The highest BCUT2D eigenvalue weighted by atomic mass is 16.5. The topological polar surface area (TPSA) is 62.5 Å². The van der Waals surface area contributed by atoms with Crippen molar-refractivity contribution in [3.63, 3.8) is 0 Å². The molecule has 0 atom stereocenters. The van der Waals surface area contributed by atoms with Crippen LogP contribution in [0.25, 0.3) is 11.0 Å². The van der Waals surface area contributed by atoms with E-state index in [1.807, 2.05) is 22.8 Å². The first kappa shape index (κ1) is 15.6. The number of aryl methyl sites for hydroxylation is 1. The van der Waals surface area contributed by atoms with E-state index in [0.717, 1.165) is 42.5 Å². The molecule has 0 unspecified atom stereocenters. The van der Waals surface area contributed by atoms with Crippen LogP contribution in [-0.4, -0.2) is 28.8 Å². The summed E-state index contributed by atoms with van der Waals surface area (Å²) in [5, 5.41) is 0. The minimum atomic E-state index is -0.000446. The van der Waals surface area contributed by atoms with Crippen LogP contribution in [0.15, 0.2) is 23.0 Å². The highest BCUT2D eigenvalue weighted by Crippen LogP contribution is 2.28. The van der Waals surface area contributed by atoms with E-state index >= 15 is 0 Å². The molecule has 1 fully saturated rings. The maximum absolute atomic E-state index is 12.5. The molecule has 6 nitrogen and oxygen atoms in total. The molecule has 0 aliphatic heterocycles. The van der Waals surface area contributed by atoms with Crippen molar-refractivity contribution in [3.05, 3.63) is 28.7 Å². The number of hydrogen-bond acceptors (Lipinski definition) is 4. The van der Waals surface area contributed by atoms with E-state index in [9.17, 15) is 9.59 Å². The highest BCUT2D eigenvalue weighted by molar-refractivity contribution is 5.77. The number of nitrogens with zero attached hydrogens (tertiary/aromatic N) is 2. The molecule has 0 amide bonds. The Balaban J connectivity index is 1.84. The number of imidazole rings is 1. The van der Waals surface area contributed by atoms with Gasteiger partial charge in [-0.05, 0) is 43.7 Å². The van der Waals surface area contributed by atoms with Crippen LogP contribution < -0.4 is 10.4 Å². The summed E-state index contributed by atoms with van der Waals surface area (Å²) in [4.78, 5) is 23.0. The molecule has 124 valence electrons. The van der Waals surface area contributed by atoms with E-state index in [1.54, 1.807) is 18.7 Å². The second-order valence-electron chi connectivity index (χ2n) is 6.18. The average Bonchev–Trinajstić information content (AvgIpc) is 2.81. The number of methoxy groups -OCH3 is 1. The molecule has 0 saturated heterocycles. The molecule has 1 heterocycles. The maximum Gasteiger partial charge on any atom is 0.328 e. The Morgan fingerprint density at radius 2 is 1.96 bits per heavy atom. The third-order valence-corrected chi connectivity index (χ3v) is 4.84. The number of carbonyl (C=O) groups is 1. The van der Waals surface area contributed by atoms with E-state index < -0.39 is 0 Å². The summed E-state index contributed by atoms with van der Waals surface area (Å²) in [5.74, 6) is 1.18. The van der Waals surface area contributed by atoms with Crippen LogP contribution >= 0.6 is 0 Å². The minimum Gasteiger partial charge on any atom is -0.497 e. The molecule has 1 aliphatic rings. The van der Waals surface area contributed by atoms with Crippen LogP contribution in [-0.2, 0) is 23.1 Å². The zero-order valence-corrected chi connectivity index (χ0v) is 13.5. The largest absolute Gasteiger partial charge is 0.497 e. The summed E-state index contributed by atoms with van der Waals surface area (Å²) >= 11 is 0. The van der Waals surface area contributed by atoms with Gasteiger partial charge in [0.05, 0.1) is 18.1 Å². The fourth-order valence-corrected chi connectivity index (χ4v) is 3.48. The van der Waals surface area contributed by atoms with Gasteiger partial charge in [-0.2, -0.15) is 0 Å². The van der Waals surface area contributed by atoms with Crippen molar-refractivity contribution < 1.29 is 14.3 Å². The fourth-order valence-electron chi connectivity index (χ4n) is 3.48. The number of aromatic nitrogens is 2. The van der Waals surface area contributed by atoms with E-state index in [1.165, 1.54) is 0 Å². The Morgan fingerprint density at radius 1 is 1.22 bits per heavy atom. The Labute approximate surface area is 134 Å². The van der Waals surface area contributed by atoms with Crippen LogP contribution in [0.5, 0.6) is 5.75 Å². The summed E-state index contributed by atoms with van der Waals surface area (Å²) in [6.07, 6.45) is 3.70. The smallest absolute Gasteiger partial charge is 0.328 e. The monoisotopic (exact) mass is 318 g/mol. The predicted molar refractivity (Wildman–Crippen MR) is 86.6 cm³/mol.